The predicted octanol–water partition coefficient (Wildman–Crippen LogP) is 4.76. The van der Waals surface area contributed by atoms with Crippen LogP contribution < -0.4 is 16.0 Å². The van der Waals surface area contributed by atoms with Crippen LogP contribution in [-0.4, -0.2) is 100 Å². The lowest BCUT2D eigenvalue weighted by Crippen LogP contribution is -2.56. The average Bonchev–Trinajstić information content (AvgIpc) is 3.99. The van der Waals surface area contributed by atoms with Crippen LogP contribution in [0.1, 0.15) is 65.2 Å². The van der Waals surface area contributed by atoms with Gasteiger partial charge in [-0.25, -0.2) is 9.78 Å². The molecule has 3 aliphatic heterocycles. The van der Waals surface area contributed by atoms with Crippen molar-refractivity contribution in [1.82, 2.24) is 35.6 Å². The van der Waals surface area contributed by atoms with Crippen LogP contribution in [0.15, 0.2) is 53.2 Å². The molecule has 16 heteroatoms. The van der Waals surface area contributed by atoms with E-state index in [-0.39, 0.29) is 48.2 Å². The summed E-state index contributed by atoms with van der Waals surface area (Å²) in [5, 5.41) is 13.4. The molecule has 4 aromatic rings. The number of carbonyl (C=O) groups is 4. The lowest BCUT2D eigenvalue weighted by molar-refractivity contribution is -0.335. The molecule has 4 amide bonds. The van der Waals surface area contributed by atoms with E-state index >= 15 is 0 Å². The third-order valence-electron chi connectivity index (χ3n) is 10.6. The van der Waals surface area contributed by atoms with Crippen LogP contribution >= 0.6 is 0 Å². The molecule has 16 nitrogen and oxygen atoms in total. The van der Waals surface area contributed by atoms with Gasteiger partial charge in [0.2, 0.25) is 24.1 Å². The van der Waals surface area contributed by atoms with E-state index in [1.165, 1.54) is 12.0 Å². The summed E-state index contributed by atoms with van der Waals surface area (Å²) in [7, 11) is 1.24. The van der Waals surface area contributed by atoms with Crippen LogP contribution in [0.3, 0.4) is 0 Å². The Balaban J connectivity index is 1.03. The monoisotopic (exact) mass is 756 g/mol. The predicted molar refractivity (Wildman–Crippen MR) is 201 cm³/mol. The maximum absolute atomic E-state index is 13.7. The molecule has 0 bridgehead atoms. The summed E-state index contributed by atoms with van der Waals surface area (Å²) >= 11 is 0. The maximum atomic E-state index is 13.7. The van der Waals surface area contributed by atoms with Gasteiger partial charge in [0, 0.05) is 13.1 Å². The smallest absolute Gasteiger partial charge is 0.407 e. The van der Waals surface area contributed by atoms with Crippen molar-refractivity contribution in [2.75, 3.05) is 32.3 Å². The number of likely N-dealkylation sites (tertiary alicyclic amines) is 2. The second-order valence-electron chi connectivity index (χ2n) is 14.9. The Morgan fingerprint density at radius 3 is 2.24 bits per heavy atom. The topological polar surface area (TPSA) is 193 Å². The largest absolute Gasteiger partial charge is 0.453 e. The summed E-state index contributed by atoms with van der Waals surface area (Å²) < 4.78 is 20.9. The second-order valence-corrected chi connectivity index (χ2v) is 14.9. The first-order chi connectivity index (χ1) is 26.5. The quantitative estimate of drug-likeness (QED) is 0.156. The van der Waals surface area contributed by atoms with Gasteiger partial charge in [0.25, 0.3) is 0 Å². The Kier molecular flexibility index (Phi) is 11.2. The highest BCUT2D eigenvalue weighted by molar-refractivity contribution is 6.03. The van der Waals surface area contributed by atoms with Crippen molar-refractivity contribution in [2.45, 2.75) is 84.0 Å². The van der Waals surface area contributed by atoms with Crippen LogP contribution in [0.2, 0.25) is 0 Å². The lowest BCUT2D eigenvalue weighted by Gasteiger charge is -2.35. The summed E-state index contributed by atoms with van der Waals surface area (Å²) in [5.41, 5.74) is 4.11. The number of imidazole rings is 1. The number of hydrogen-bond acceptors (Lipinski definition) is 11. The fourth-order valence-electron chi connectivity index (χ4n) is 7.51. The molecular formula is C39H48N8O8. The highest BCUT2D eigenvalue weighted by Gasteiger charge is 2.40. The van der Waals surface area contributed by atoms with Crippen molar-refractivity contribution in [3.05, 3.63) is 54.5 Å². The minimum absolute atomic E-state index is 0.00631. The molecule has 0 spiro atoms. The number of aromatic amines is 1. The highest BCUT2D eigenvalue weighted by atomic mass is 16.9. The van der Waals surface area contributed by atoms with E-state index in [0.717, 1.165) is 41.1 Å². The molecule has 0 radical (unpaired) electrons. The summed E-state index contributed by atoms with van der Waals surface area (Å²) in [5.74, 6) is 0.129. The van der Waals surface area contributed by atoms with Gasteiger partial charge in [0.15, 0.2) is 18.2 Å². The van der Waals surface area contributed by atoms with E-state index in [4.69, 9.17) is 23.7 Å². The lowest BCUT2D eigenvalue weighted by atomic mass is 10.0. The Bertz CT molecular complexity index is 2020. The van der Waals surface area contributed by atoms with Crippen LogP contribution in [0.25, 0.3) is 33.4 Å². The molecule has 55 heavy (non-hydrogen) atoms. The zero-order chi connectivity index (χ0) is 38.8. The fourth-order valence-corrected chi connectivity index (χ4v) is 7.51. The molecule has 7 rings (SSSR count). The fraction of sp³-hybridized carbons (Fsp3) is 0.487. The van der Waals surface area contributed by atoms with Crippen molar-refractivity contribution in [3.8, 4) is 22.4 Å². The number of rotatable bonds is 12. The minimum atomic E-state index is -0.833. The van der Waals surface area contributed by atoms with Gasteiger partial charge in [-0.15, -0.1) is 0 Å². The SMILES string of the molecule is COC(=O)N[C@@H](C(=O)N1CCC[C@H]1C(=O)Nc1noc2ccc(-c3ccc(-c4cnc([C@@H]5CCCN5C(=O)[C@H](NC5OCO5)C(C)C)[nH]4)cc3)cc12)C(C)C. The molecule has 0 aliphatic carbocycles. The van der Waals surface area contributed by atoms with E-state index in [2.05, 4.69) is 26.1 Å². The Morgan fingerprint density at radius 1 is 0.873 bits per heavy atom. The second kappa shape index (κ2) is 16.2. The maximum Gasteiger partial charge on any atom is 0.407 e. The number of carbonyl (C=O) groups excluding carboxylic acids is 4. The summed E-state index contributed by atoms with van der Waals surface area (Å²) in [6.07, 6.45) is 3.36. The van der Waals surface area contributed by atoms with E-state index in [1.807, 2.05) is 69.0 Å². The number of anilines is 1. The van der Waals surface area contributed by atoms with E-state index in [9.17, 15) is 19.2 Å². The van der Waals surface area contributed by atoms with E-state index in [1.54, 1.807) is 12.3 Å². The van der Waals surface area contributed by atoms with Crippen LogP contribution in [-0.2, 0) is 28.6 Å². The molecule has 2 aromatic heterocycles. The number of ether oxygens (including phenoxy) is 3. The van der Waals surface area contributed by atoms with Gasteiger partial charge >= 0.3 is 6.09 Å². The number of amides is 4. The first kappa shape index (κ1) is 38.0. The molecule has 292 valence electrons. The first-order valence-electron chi connectivity index (χ1n) is 18.8. The van der Waals surface area contributed by atoms with Crippen molar-refractivity contribution < 1.29 is 37.9 Å². The Morgan fingerprint density at radius 2 is 1.55 bits per heavy atom. The summed E-state index contributed by atoms with van der Waals surface area (Å²) in [6.45, 7) is 8.92. The molecule has 3 aliphatic rings. The molecule has 5 heterocycles. The third-order valence-corrected chi connectivity index (χ3v) is 10.6. The van der Waals surface area contributed by atoms with Gasteiger partial charge < -0.3 is 44.2 Å². The average molecular weight is 757 g/mol. The highest BCUT2D eigenvalue weighted by Crippen LogP contribution is 2.34. The molecule has 4 atom stereocenters. The number of alkyl carbamates (subject to hydrolysis) is 1. The number of aromatic nitrogens is 3. The van der Waals surface area contributed by atoms with Gasteiger partial charge in [0.05, 0.1) is 36.5 Å². The molecular weight excluding hydrogens is 708 g/mol. The molecule has 4 N–H and O–H groups in total. The van der Waals surface area contributed by atoms with Gasteiger partial charge in [-0.3, -0.25) is 19.7 Å². The molecule has 3 saturated heterocycles. The molecule has 0 saturated carbocycles. The Labute approximate surface area is 318 Å². The van der Waals surface area contributed by atoms with Gasteiger partial charge in [-0.05, 0) is 66.3 Å². The van der Waals surface area contributed by atoms with E-state index in [0.29, 0.717) is 36.9 Å². The standard InChI is InChI=1S/C39H48N8O8/c1-21(2)31(42-38(51)52-5)36(49)47-17-7-9-29(47)35(48)44-33-26-18-25(14-15-30(26)55-45-33)23-10-12-24(13-11-23)27-19-40-34(41-27)28-8-6-16-46(28)37(50)32(22(3)4)43-39-53-20-54-39/h10-15,18-19,21-22,28-29,31-32,39,43H,6-9,16-17,20H2,1-5H3,(H,40,41)(H,42,51)(H,44,45,48)/t28-,29-,31+,32+/m0/s1. The van der Waals surface area contributed by atoms with Gasteiger partial charge in [0.1, 0.15) is 17.9 Å². The zero-order valence-electron chi connectivity index (χ0n) is 31.7. The minimum Gasteiger partial charge on any atom is -0.453 e. The van der Waals surface area contributed by atoms with Crippen molar-refractivity contribution in [1.29, 1.82) is 0 Å². The van der Waals surface area contributed by atoms with Crippen LogP contribution in [0.5, 0.6) is 0 Å². The van der Waals surface area contributed by atoms with Gasteiger partial charge in [-0.2, -0.15) is 0 Å². The number of nitrogens with zero attached hydrogens (tertiary/aromatic N) is 4. The number of fused-ring (bicyclic) bond motifs is 1. The molecule has 3 fully saturated rings. The first-order valence-corrected chi connectivity index (χ1v) is 18.8. The Hall–Kier alpha value is -5.32. The van der Waals surface area contributed by atoms with Crippen LogP contribution in [0, 0.1) is 11.8 Å². The van der Waals surface area contributed by atoms with E-state index < -0.39 is 30.6 Å². The third kappa shape index (κ3) is 7.93. The molecule has 0 unspecified atom stereocenters. The normalized spacial score (nSPS) is 19.8. The van der Waals surface area contributed by atoms with Crippen molar-refractivity contribution >= 4 is 40.6 Å². The number of nitrogens with one attached hydrogen (secondary N) is 4. The number of hydrogen-bond donors (Lipinski definition) is 4. The number of benzene rings is 2. The summed E-state index contributed by atoms with van der Waals surface area (Å²) in [6, 6.07) is 11.5. The number of H-pyrrole nitrogens is 1. The summed E-state index contributed by atoms with van der Waals surface area (Å²) in [4.78, 5) is 64.2. The zero-order valence-corrected chi connectivity index (χ0v) is 31.7. The van der Waals surface area contributed by atoms with Gasteiger partial charge in [-0.1, -0.05) is 63.2 Å². The molecule has 2 aromatic carbocycles. The number of methoxy groups -OCH3 is 1. The van der Waals surface area contributed by atoms with Crippen LogP contribution in [0.4, 0.5) is 10.6 Å². The van der Waals surface area contributed by atoms with Crippen molar-refractivity contribution in [3.63, 3.8) is 0 Å². The van der Waals surface area contributed by atoms with Crippen molar-refractivity contribution in [2.24, 2.45) is 11.8 Å².